The van der Waals surface area contributed by atoms with Crippen molar-refractivity contribution >= 4 is 5.91 Å². The standard InChI is InChI=1S/C9H15N5O2/c15-7-3-1-6(2-4-7)5-10-9(16)8-11-13-14-12-8/h6-7,15H,1-5H2,(H,10,16)(H,11,12,13,14). The van der Waals surface area contributed by atoms with Crippen LogP contribution in [0.4, 0.5) is 0 Å². The summed E-state index contributed by atoms with van der Waals surface area (Å²) in [5.74, 6) is 0.204. The number of amides is 1. The van der Waals surface area contributed by atoms with Gasteiger partial charge in [-0.3, -0.25) is 4.79 Å². The lowest BCUT2D eigenvalue weighted by molar-refractivity contribution is 0.0901. The van der Waals surface area contributed by atoms with E-state index in [2.05, 4.69) is 25.9 Å². The third kappa shape index (κ3) is 2.75. The number of carbonyl (C=O) groups is 1. The highest BCUT2D eigenvalue weighted by Crippen LogP contribution is 2.23. The zero-order valence-electron chi connectivity index (χ0n) is 8.89. The van der Waals surface area contributed by atoms with E-state index < -0.39 is 0 Å². The third-order valence-electron chi connectivity index (χ3n) is 2.92. The fourth-order valence-corrected chi connectivity index (χ4v) is 1.92. The molecule has 1 saturated carbocycles. The van der Waals surface area contributed by atoms with Crippen molar-refractivity contribution in [1.29, 1.82) is 0 Å². The van der Waals surface area contributed by atoms with Crippen LogP contribution in [0.3, 0.4) is 0 Å². The lowest BCUT2D eigenvalue weighted by atomic mass is 9.87. The largest absolute Gasteiger partial charge is 0.393 e. The summed E-state index contributed by atoms with van der Waals surface area (Å²) in [6.07, 6.45) is 3.39. The van der Waals surface area contributed by atoms with Gasteiger partial charge in [-0.15, -0.1) is 10.2 Å². The van der Waals surface area contributed by atoms with Gasteiger partial charge in [-0.25, -0.2) is 0 Å². The van der Waals surface area contributed by atoms with Gasteiger partial charge in [0, 0.05) is 6.54 Å². The fraction of sp³-hybridized carbons (Fsp3) is 0.778. The number of aromatic amines is 1. The van der Waals surface area contributed by atoms with Crippen molar-refractivity contribution in [2.24, 2.45) is 5.92 Å². The number of rotatable bonds is 3. The van der Waals surface area contributed by atoms with E-state index in [9.17, 15) is 9.90 Å². The molecule has 7 heteroatoms. The molecule has 1 fully saturated rings. The first kappa shape index (κ1) is 11.0. The number of hydrogen-bond donors (Lipinski definition) is 3. The maximum Gasteiger partial charge on any atom is 0.292 e. The molecular weight excluding hydrogens is 210 g/mol. The predicted octanol–water partition coefficient (Wildman–Crippen LogP) is -0.519. The second-order valence-corrected chi connectivity index (χ2v) is 4.12. The minimum absolute atomic E-state index is 0.0656. The molecule has 1 aromatic rings. The van der Waals surface area contributed by atoms with Crippen molar-refractivity contribution in [1.82, 2.24) is 25.9 Å². The SMILES string of the molecule is O=C(NCC1CCC(O)CC1)c1nn[nH]n1. The lowest BCUT2D eigenvalue weighted by Crippen LogP contribution is -2.32. The molecule has 0 aromatic carbocycles. The number of aliphatic hydroxyl groups is 1. The van der Waals surface area contributed by atoms with Crippen LogP contribution < -0.4 is 5.32 Å². The van der Waals surface area contributed by atoms with E-state index in [0.717, 1.165) is 25.7 Å². The van der Waals surface area contributed by atoms with Crippen molar-refractivity contribution in [2.45, 2.75) is 31.8 Å². The Morgan fingerprint density at radius 1 is 1.44 bits per heavy atom. The van der Waals surface area contributed by atoms with Crippen molar-refractivity contribution in [3.8, 4) is 0 Å². The topological polar surface area (TPSA) is 104 Å². The summed E-state index contributed by atoms with van der Waals surface area (Å²) in [6, 6.07) is 0. The molecule has 1 aromatic heterocycles. The number of aliphatic hydroxyl groups excluding tert-OH is 1. The van der Waals surface area contributed by atoms with Gasteiger partial charge in [0.1, 0.15) is 0 Å². The summed E-state index contributed by atoms with van der Waals surface area (Å²) in [5.41, 5.74) is 0. The molecule has 16 heavy (non-hydrogen) atoms. The molecule has 2 rings (SSSR count). The van der Waals surface area contributed by atoms with E-state index in [1.165, 1.54) is 0 Å². The summed E-state index contributed by atoms with van der Waals surface area (Å²) >= 11 is 0. The van der Waals surface area contributed by atoms with Gasteiger partial charge in [0.15, 0.2) is 0 Å². The molecule has 0 saturated heterocycles. The summed E-state index contributed by atoms with van der Waals surface area (Å²) in [4.78, 5) is 11.5. The van der Waals surface area contributed by atoms with E-state index in [1.807, 2.05) is 0 Å². The molecule has 1 aliphatic rings. The molecule has 0 radical (unpaired) electrons. The maximum atomic E-state index is 11.5. The summed E-state index contributed by atoms with van der Waals surface area (Å²) in [5, 5.41) is 24.8. The van der Waals surface area contributed by atoms with Gasteiger partial charge in [0.2, 0.25) is 0 Å². The van der Waals surface area contributed by atoms with Gasteiger partial charge >= 0.3 is 0 Å². The van der Waals surface area contributed by atoms with Crippen molar-refractivity contribution in [3.63, 3.8) is 0 Å². The van der Waals surface area contributed by atoms with E-state index in [1.54, 1.807) is 0 Å². The normalized spacial score (nSPS) is 25.3. The molecular formula is C9H15N5O2. The zero-order valence-corrected chi connectivity index (χ0v) is 8.89. The Hall–Kier alpha value is -1.50. The first-order chi connectivity index (χ1) is 7.75. The highest BCUT2D eigenvalue weighted by molar-refractivity contribution is 5.89. The molecule has 3 N–H and O–H groups in total. The smallest absolute Gasteiger partial charge is 0.292 e. The van der Waals surface area contributed by atoms with Crippen LogP contribution in [0.1, 0.15) is 36.3 Å². The summed E-state index contributed by atoms with van der Waals surface area (Å²) < 4.78 is 0. The quantitative estimate of drug-likeness (QED) is 0.642. The monoisotopic (exact) mass is 225 g/mol. The van der Waals surface area contributed by atoms with Crippen LogP contribution >= 0.6 is 0 Å². The molecule has 0 atom stereocenters. The van der Waals surface area contributed by atoms with Gasteiger partial charge < -0.3 is 10.4 Å². The van der Waals surface area contributed by atoms with Crippen LogP contribution in [0.5, 0.6) is 0 Å². The van der Waals surface area contributed by atoms with Crippen LogP contribution in [0, 0.1) is 5.92 Å². The number of tetrazole rings is 1. The second-order valence-electron chi connectivity index (χ2n) is 4.12. The molecule has 88 valence electrons. The Morgan fingerprint density at radius 3 is 2.81 bits per heavy atom. The Balaban J connectivity index is 1.73. The summed E-state index contributed by atoms with van der Waals surface area (Å²) in [7, 11) is 0. The number of nitrogens with one attached hydrogen (secondary N) is 2. The number of aromatic nitrogens is 4. The van der Waals surface area contributed by atoms with E-state index in [4.69, 9.17) is 0 Å². The maximum absolute atomic E-state index is 11.5. The molecule has 7 nitrogen and oxygen atoms in total. The Labute approximate surface area is 92.6 Å². The fourth-order valence-electron chi connectivity index (χ4n) is 1.92. The Bertz CT molecular complexity index is 332. The number of hydrogen-bond acceptors (Lipinski definition) is 5. The highest BCUT2D eigenvalue weighted by atomic mass is 16.3. The van der Waals surface area contributed by atoms with Gasteiger partial charge in [0.05, 0.1) is 6.10 Å². The third-order valence-corrected chi connectivity index (χ3v) is 2.92. The van der Waals surface area contributed by atoms with Crippen LogP contribution in [-0.4, -0.2) is 44.3 Å². The number of H-pyrrole nitrogens is 1. The zero-order chi connectivity index (χ0) is 11.4. The summed E-state index contributed by atoms with van der Waals surface area (Å²) in [6.45, 7) is 0.611. The van der Waals surface area contributed by atoms with Crippen molar-refractivity contribution < 1.29 is 9.90 Å². The van der Waals surface area contributed by atoms with E-state index >= 15 is 0 Å². The highest BCUT2D eigenvalue weighted by Gasteiger charge is 2.20. The number of nitrogens with zero attached hydrogens (tertiary/aromatic N) is 3. The van der Waals surface area contributed by atoms with Gasteiger partial charge in [-0.1, -0.05) is 0 Å². The molecule has 1 amide bonds. The molecule has 0 bridgehead atoms. The molecule has 0 spiro atoms. The van der Waals surface area contributed by atoms with Crippen molar-refractivity contribution in [3.05, 3.63) is 5.82 Å². The predicted molar refractivity (Wildman–Crippen MR) is 54.5 cm³/mol. The van der Waals surface area contributed by atoms with Crippen LogP contribution in [0.15, 0.2) is 0 Å². The second kappa shape index (κ2) is 5.02. The van der Waals surface area contributed by atoms with Gasteiger partial charge in [-0.05, 0) is 36.8 Å². The lowest BCUT2D eigenvalue weighted by Gasteiger charge is -2.25. The average Bonchev–Trinajstić information content (AvgIpc) is 2.81. The average molecular weight is 225 g/mol. The molecule has 1 aliphatic carbocycles. The molecule has 0 aliphatic heterocycles. The first-order valence-electron chi connectivity index (χ1n) is 5.45. The van der Waals surface area contributed by atoms with E-state index in [-0.39, 0.29) is 17.8 Å². The molecule has 0 unspecified atom stereocenters. The molecule has 1 heterocycles. The van der Waals surface area contributed by atoms with Crippen LogP contribution in [0.2, 0.25) is 0 Å². The number of carbonyl (C=O) groups excluding carboxylic acids is 1. The van der Waals surface area contributed by atoms with E-state index in [0.29, 0.717) is 12.5 Å². The minimum Gasteiger partial charge on any atom is -0.393 e. The van der Waals surface area contributed by atoms with Crippen molar-refractivity contribution in [2.75, 3.05) is 6.54 Å². The first-order valence-corrected chi connectivity index (χ1v) is 5.45. The Kier molecular flexibility index (Phi) is 3.45. The minimum atomic E-state index is -0.306. The van der Waals surface area contributed by atoms with Gasteiger partial charge in [-0.2, -0.15) is 5.21 Å². The Morgan fingerprint density at radius 2 is 2.19 bits per heavy atom. The van der Waals surface area contributed by atoms with Crippen LogP contribution in [0.25, 0.3) is 0 Å². The van der Waals surface area contributed by atoms with Gasteiger partial charge in [0.25, 0.3) is 11.7 Å². The van der Waals surface area contributed by atoms with Crippen LogP contribution in [-0.2, 0) is 0 Å².